The first kappa shape index (κ1) is 20.6. The van der Waals surface area contributed by atoms with E-state index in [0.717, 1.165) is 25.1 Å². The molecule has 1 aromatic rings. The van der Waals surface area contributed by atoms with Gasteiger partial charge in [-0.05, 0) is 36.3 Å². The molecule has 4 nitrogen and oxygen atoms in total. The predicted octanol–water partition coefficient (Wildman–Crippen LogP) is 4.52. The smallest absolute Gasteiger partial charge is 0.158 e. The number of hydrogen-bond donors (Lipinski definition) is 1. The van der Waals surface area contributed by atoms with Crippen molar-refractivity contribution in [1.82, 2.24) is 5.09 Å². The van der Waals surface area contributed by atoms with Gasteiger partial charge in [0.05, 0.1) is 13.2 Å². The molecule has 6 heteroatoms. The Kier molecular flexibility index (Phi) is 11.1. The van der Waals surface area contributed by atoms with Crippen LogP contribution in [-0.2, 0) is 9.53 Å². The first-order valence-electron chi connectivity index (χ1n) is 7.51. The molecule has 0 radical (unpaired) electrons. The highest BCUT2D eigenvalue weighted by Gasteiger charge is 2.02. The van der Waals surface area contributed by atoms with Gasteiger partial charge in [-0.1, -0.05) is 42.0 Å². The maximum Gasteiger partial charge on any atom is 0.158 e. The number of benzene rings is 1. The fraction of sp³-hybridized carbons (Fsp3) is 0.278. The number of carbonyl (C=O) groups excluding carboxylic acids is 1. The Morgan fingerprint density at radius 1 is 1.29 bits per heavy atom. The number of hydrogen-bond acceptors (Lipinski definition) is 4. The number of allylic oxidation sites excluding steroid dienone is 4. The van der Waals surface area contributed by atoms with Gasteiger partial charge in [0.1, 0.15) is 12.0 Å². The third kappa shape index (κ3) is 9.64. The van der Waals surface area contributed by atoms with Crippen LogP contribution in [0.5, 0.6) is 5.75 Å². The van der Waals surface area contributed by atoms with Crippen LogP contribution in [0.4, 0.5) is 0 Å². The van der Waals surface area contributed by atoms with E-state index >= 15 is 0 Å². The van der Waals surface area contributed by atoms with Gasteiger partial charge in [0.25, 0.3) is 0 Å². The van der Waals surface area contributed by atoms with E-state index in [1.54, 1.807) is 31.4 Å². The van der Waals surface area contributed by atoms with Crippen LogP contribution in [0.3, 0.4) is 0 Å². The van der Waals surface area contributed by atoms with Crippen LogP contribution in [-0.4, -0.2) is 33.2 Å². The van der Waals surface area contributed by atoms with Crippen LogP contribution < -0.4 is 9.61 Å². The van der Waals surface area contributed by atoms with Gasteiger partial charge < -0.3 is 14.1 Å². The van der Waals surface area contributed by atoms with Crippen LogP contribution in [0.1, 0.15) is 6.42 Å². The summed E-state index contributed by atoms with van der Waals surface area (Å²) in [5.74, 6) is 0.751. The lowest BCUT2D eigenvalue weighted by molar-refractivity contribution is -0.106. The molecule has 2 rings (SSSR count). The van der Waals surface area contributed by atoms with E-state index in [4.69, 9.17) is 20.9 Å². The lowest BCUT2D eigenvalue weighted by Crippen LogP contribution is -2.11. The second-order valence-electron chi connectivity index (χ2n) is 4.81. The zero-order valence-electron chi connectivity index (χ0n) is 13.9. The van der Waals surface area contributed by atoms with Gasteiger partial charge in [-0.15, -0.1) is 0 Å². The monoisotopic (exact) mass is 367 g/mol. The van der Waals surface area contributed by atoms with E-state index in [9.17, 15) is 4.79 Å². The molecule has 0 aromatic heterocycles. The van der Waals surface area contributed by atoms with E-state index in [0.29, 0.717) is 11.6 Å². The first-order valence-corrected chi connectivity index (χ1v) is 9.59. The standard InChI is InChI=1S/C9H11ClNO2P.C9H12O/c1-14(11-6-7-12)13-9-4-2-8(10)3-5-9;1-10-8-9-6-4-2-3-5-7-9/h2-5,7,11H,6H2,1H3;2-4,6-7H,5,8H2,1H3. The third-order valence-electron chi connectivity index (χ3n) is 2.84. The Bertz CT molecular complexity index is 570. The normalized spacial score (nSPS) is 14.0. The zero-order chi connectivity index (χ0) is 17.6. The Morgan fingerprint density at radius 2 is 2.04 bits per heavy atom. The maximum absolute atomic E-state index is 10.1. The van der Waals surface area contributed by atoms with Gasteiger partial charge in [-0.25, -0.2) is 0 Å². The topological polar surface area (TPSA) is 47.6 Å². The summed E-state index contributed by atoms with van der Waals surface area (Å²) in [6, 6.07) is 7.12. The number of rotatable bonds is 7. The fourth-order valence-corrected chi connectivity index (χ4v) is 2.71. The van der Waals surface area contributed by atoms with E-state index in [2.05, 4.69) is 29.4 Å². The van der Waals surface area contributed by atoms with Crippen LogP contribution in [0.2, 0.25) is 5.02 Å². The summed E-state index contributed by atoms with van der Waals surface area (Å²) in [6.45, 7) is 2.93. The van der Waals surface area contributed by atoms with Crippen LogP contribution in [0, 0.1) is 0 Å². The summed E-state index contributed by atoms with van der Waals surface area (Å²) in [6.07, 6.45) is 12.3. The van der Waals surface area contributed by atoms with Crippen molar-refractivity contribution in [2.45, 2.75) is 6.42 Å². The van der Waals surface area contributed by atoms with Gasteiger partial charge in [-0.3, -0.25) is 5.09 Å². The summed E-state index contributed by atoms with van der Waals surface area (Å²) in [4.78, 5) is 10.1. The van der Waals surface area contributed by atoms with Crippen molar-refractivity contribution >= 4 is 26.2 Å². The maximum atomic E-state index is 10.1. The largest absolute Gasteiger partial charge is 0.459 e. The van der Waals surface area contributed by atoms with Crippen molar-refractivity contribution in [2.75, 3.05) is 26.9 Å². The third-order valence-corrected chi connectivity index (χ3v) is 4.20. The van der Waals surface area contributed by atoms with Crippen molar-refractivity contribution in [3.8, 4) is 5.75 Å². The molecule has 0 aliphatic heterocycles. The second-order valence-corrected chi connectivity index (χ2v) is 6.74. The van der Waals surface area contributed by atoms with E-state index in [1.165, 1.54) is 5.57 Å². The van der Waals surface area contributed by atoms with Crippen LogP contribution in [0.15, 0.2) is 60.2 Å². The van der Waals surface area contributed by atoms with E-state index in [-0.39, 0.29) is 0 Å². The highest BCUT2D eigenvalue weighted by Crippen LogP contribution is 2.30. The molecule has 0 saturated carbocycles. The molecule has 1 unspecified atom stereocenters. The molecule has 1 aromatic carbocycles. The minimum atomic E-state index is -0.797. The number of nitrogens with one attached hydrogen (secondary N) is 1. The van der Waals surface area contributed by atoms with Crippen molar-refractivity contribution < 1.29 is 14.1 Å². The Labute approximate surface area is 150 Å². The second kappa shape index (κ2) is 12.9. The summed E-state index contributed by atoms with van der Waals surface area (Å²) in [7, 11) is 0.919. The van der Waals surface area contributed by atoms with Crippen molar-refractivity contribution in [1.29, 1.82) is 0 Å². The zero-order valence-corrected chi connectivity index (χ0v) is 15.6. The molecular weight excluding hydrogens is 345 g/mol. The fourth-order valence-electron chi connectivity index (χ4n) is 1.75. The molecule has 1 aliphatic carbocycles. The molecule has 0 bridgehead atoms. The van der Waals surface area contributed by atoms with Gasteiger partial charge in [0.2, 0.25) is 0 Å². The summed E-state index contributed by atoms with van der Waals surface area (Å²) < 4.78 is 10.5. The highest BCUT2D eigenvalue weighted by molar-refractivity contribution is 7.49. The van der Waals surface area contributed by atoms with Gasteiger partial charge >= 0.3 is 0 Å². The Hall–Kier alpha value is -1.45. The molecule has 0 saturated heterocycles. The van der Waals surface area contributed by atoms with Gasteiger partial charge in [-0.2, -0.15) is 0 Å². The molecular formula is C18H23ClNO3P. The van der Waals surface area contributed by atoms with Crippen LogP contribution in [0.25, 0.3) is 0 Å². The predicted molar refractivity (Wildman–Crippen MR) is 102 cm³/mol. The minimum absolute atomic E-state index is 0.315. The first-order chi connectivity index (χ1) is 11.7. The lowest BCUT2D eigenvalue weighted by atomic mass is 10.2. The van der Waals surface area contributed by atoms with E-state index in [1.807, 2.05) is 12.7 Å². The number of aldehydes is 1. The molecule has 0 heterocycles. The summed E-state index contributed by atoms with van der Waals surface area (Å²) in [5, 5.41) is 3.62. The molecule has 1 atom stereocenters. The molecule has 0 amide bonds. The molecule has 0 spiro atoms. The number of ether oxygens (including phenoxy) is 1. The van der Waals surface area contributed by atoms with Crippen molar-refractivity contribution in [3.63, 3.8) is 0 Å². The van der Waals surface area contributed by atoms with E-state index < -0.39 is 8.30 Å². The molecule has 1 N–H and O–H groups in total. The Balaban J connectivity index is 0.000000254. The van der Waals surface area contributed by atoms with Gasteiger partial charge in [0.15, 0.2) is 8.30 Å². The van der Waals surface area contributed by atoms with Crippen molar-refractivity contribution in [2.24, 2.45) is 0 Å². The van der Waals surface area contributed by atoms with Crippen molar-refractivity contribution in [3.05, 3.63) is 65.2 Å². The summed E-state index contributed by atoms with van der Waals surface area (Å²) in [5.41, 5.74) is 1.26. The average Bonchev–Trinajstić information content (AvgIpc) is 2.85. The number of halogens is 1. The molecule has 1 aliphatic rings. The number of methoxy groups -OCH3 is 1. The highest BCUT2D eigenvalue weighted by atomic mass is 35.5. The molecule has 0 fully saturated rings. The molecule has 24 heavy (non-hydrogen) atoms. The lowest BCUT2D eigenvalue weighted by Gasteiger charge is -2.13. The van der Waals surface area contributed by atoms with Gasteiger partial charge in [0, 0.05) is 18.8 Å². The minimum Gasteiger partial charge on any atom is -0.459 e. The number of carbonyl (C=O) groups is 1. The average molecular weight is 368 g/mol. The van der Waals surface area contributed by atoms with Crippen LogP contribution >= 0.6 is 19.9 Å². The Morgan fingerprint density at radius 3 is 2.71 bits per heavy atom. The summed E-state index contributed by atoms with van der Waals surface area (Å²) >= 11 is 5.72. The SMILES string of the molecule is COCC1=CCC=CC=C1.CP(NCC=O)Oc1ccc(Cl)cc1. The quantitative estimate of drug-likeness (QED) is 0.568. The molecule has 130 valence electrons.